The molecule has 1 aromatic heterocycles. The fourth-order valence-electron chi connectivity index (χ4n) is 3.33. The molecule has 1 aromatic carbocycles. The number of likely N-dealkylation sites (tertiary alicyclic amines) is 1. The van der Waals surface area contributed by atoms with Gasteiger partial charge in [-0.1, -0.05) is 11.8 Å². The summed E-state index contributed by atoms with van der Waals surface area (Å²) in [6, 6.07) is 6.05. The number of carbonyl (C=O) groups is 2. The van der Waals surface area contributed by atoms with Crippen LogP contribution in [0.3, 0.4) is 0 Å². The van der Waals surface area contributed by atoms with Crippen LogP contribution in [0.4, 0.5) is 4.39 Å². The molecule has 0 aliphatic carbocycles. The van der Waals surface area contributed by atoms with Gasteiger partial charge in [0.1, 0.15) is 11.8 Å². The summed E-state index contributed by atoms with van der Waals surface area (Å²) in [5.41, 5.74) is -0.267. The lowest BCUT2D eigenvalue weighted by Crippen LogP contribution is -3.06. The highest BCUT2D eigenvalue weighted by atomic mass is 19.1. The number of hydrogen-bond donors (Lipinski definition) is 1. The Hall–Kier alpha value is -3.13. The smallest absolute Gasteiger partial charge is 0.295 e. The number of hydrogen-bond acceptors (Lipinski definition) is 5. The highest BCUT2D eigenvalue weighted by molar-refractivity contribution is 6.46. The van der Waals surface area contributed by atoms with Crippen molar-refractivity contribution in [2.24, 2.45) is 0 Å². The predicted molar refractivity (Wildman–Crippen MR) is 105 cm³/mol. The topological polar surface area (TPSA) is 87.2 Å². The van der Waals surface area contributed by atoms with Crippen molar-refractivity contribution in [2.45, 2.75) is 26.0 Å². The van der Waals surface area contributed by atoms with E-state index in [0.717, 1.165) is 11.0 Å². The average Bonchev–Trinajstić information content (AvgIpc) is 3.28. The normalized spacial score (nSPS) is 18.6. The molecule has 0 radical (unpaired) electrons. The van der Waals surface area contributed by atoms with Gasteiger partial charge in [0.25, 0.3) is 5.91 Å². The monoisotopic (exact) mass is 416 g/mol. The highest BCUT2D eigenvalue weighted by Gasteiger charge is 2.45. The Morgan fingerprint density at radius 2 is 2.03 bits per heavy atom. The van der Waals surface area contributed by atoms with E-state index in [1.54, 1.807) is 26.0 Å². The molecule has 2 heterocycles. The van der Waals surface area contributed by atoms with E-state index in [9.17, 15) is 19.1 Å². The van der Waals surface area contributed by atoms with Gasteiger partial charge in [0.05, 0.1) is 39.6 Å². The molecular formula is C22H25FN2O5. The first-order valence-corrected chi connectivity index (χ1v) is 9.76. The molecule has 8 heteroatoms. The number of nitrogens with zero attached hydrogens (tertiary/aromatic N) is 1. The van der Waals surface area contributed by atoms with Gasteiger partial charge < -0.3 is 24.1 Å². The summed E-state index contributed by atoms with van der Waals surface area (Å²) in [6.07, 6.45) is 1.18. The summed E-state index contributed by atoms with van der Waals surface area (Å²) >= 11 is 0. The number of furan rings is 1. The second kappa shape index (κ2) is 8.71. The summed E-state index contributed by atoms with van der Waals surface area (Å²) in [5, 5.41) is 13.2. The maximum Gasteiger partial charge on any atom is 0.295 e. The summed E-state index contributed by atoms with van der Waals surface area (Å²) in [5.74, 6) is -2.75. The Balaban J connectivity index is 2.06. The number of amides is 1. The molecule has 1 saturated heterocycles. The standard InChI is InChI=1S/C22H25FN2O5/c1-13(2)30-16-8-7-14(12-15(16)23)20(26)18-19(17-6-5-11-29-17)25(10-9-24(3)4)22(28)21(18)27/h5-8,11-13,19,26H,9-10H2,1-4H3. The van der Waals surface area contributed by atoms with E-state index in [0.29, 0.717) is 12.3 Å². The lowest BCUT2D eigenvalue weighted by Gasteiger charge is -2.26. The molecular weight excluding hydrogens is 391 g/mol. The number of Topliss-reactive ketones (excluding diaryl/α,β-unsaturated/α-hetero) is 1. The number of halogens is 1. The van der Waals surface area contributed by atoms with Gasteiger partial charge in [-0.25, -0.2) is 4.39 Å². The molecule has 0 saturated carbocycles. The summed E-state index contributed by atoms with van der Waals surface area (Å²) in [4.78, 5) is 27.9. The summed E-state index contributed by atoms with van der Waals surface area (Å²) < 4.78 is 25.2. The zero-order chi connectivity index (χ0) is 22.0. The Morgan fingerprint density at radius 1 is 1.30 bits per heavy atom. The Morgan fingerprint density at radius 3 is 2.60 bits per heavy atom. The molecule has 1 fully saturated rings. The van der Waals surface area contributed by atoms with Gasteiger partial charge in [-0.05, 0) is 43.7 Å². The second-order valence-corrected chi connectivity index (χ2v) is 7.76. The number of ketones is 1. The van der Waals surface area contributed by atoms with E-state index in [1.165, 1.54) is 23.3 Å². The second-order valence-electron chi connectivity index (χ2n) is 7.76. The van der Waals surface area contributed by atoms with Crippen LogP contribution < -0.4 is 14.7 Å². The third-order valence-electron chi connectivity index (χ3n) is 4.75. The molecule has 1 N–H and O–H groups in total. The quantitative estimate of drug-likeness (QED) is 0.405. The van der Waals surface area contributed by atoms with Crippen molar-refractivity contribution < 1.29 is 33.1 Å². The van der Waals surface area contributed by atoms with Crippen LogP contribution in [0, 0.1) is 5.82 Å². The van der Waals surface area contributed by atoms with E-state index in [1.807, 2.05) is 14.1 Å². The van der Waals surface area contributed by atoms with E-state index >= 15 is 0 Å². The zero-order valence-corrected chi connectivity index (χ0v) is 17.4. The summed E-state index contributed by atoms with van der Waals surface area (Å²) in [7, 11) is 3.84. The molecule has 1 amide bonds. The average molecular weight is 416 g/mol. The van der Waals surface area contributed by atoms with Crippen LogP contribution in [-0.2, 0) is 9.59 Å². The lowest BCUT2D eigenvalue weighted by molar-refractivity contribution is -0.857. The van der Waals surface area contributed by atoms with Crippen LogP contribution in [0.25, 0.3) is 5.76 Å². The van der Waals surface area contributed by atoms with Crippen molar-refractivity contribution in [3.63, 3.8) is 0 Å². The van der Waals surface area contributed by atoms with Crippen molar-refractivity contribution in [2.75, 3.05) is 27.2 Å². The Labute approximate surface area is 174 Å². The Kier molecular flexibility index (Phi) is 6.26. The number of nitrogens with one attached hydrogen (secondary N) is 1. The minimum absolute atomic E-state index is 0.0125. The third-order valence-corrected chi connectivity index (χ3v) is 4.75. The van der Waals surface area contributed by atoms with Gasteiger partial charge in [-0.15, -0.1) is 0 Å². The molecule has 1 aliphatic heterocycles. The lowest BCUT2D eigenvalue weighted by atomic mass is 9.99. The molecule has 7 nitrogen and oxygen atoms in total. The van der Waals surface area contributed by atoms with E-state index in [-0.39, 0.29) is 29.5 Å². The number of rotatable bonds is 7. The first-order valence-electron chi connectivity index (χ1n) is 9.76. The van der Waals surface area contributed by atoms with Crippen LogP contribution in [0.15, 0.2) is 46.6 Å². The van der Waals surface area contributed by atoms with Crippen molar-refractivity contribution in [3.05, 3.63) is 59.3 Å². The van der Waals surface area contributed by atoms with Gasteiger partial charge >= 0.3 is 0 Å². The number of quaternary nitrogens is 1. The van der Waals surface area contributed by atoms with Crippen molar-refractivity contribution in [1.29, 1.82) is 0 Å². The molecule has 160 valence electrons. The molecule has 1 unspecified atom stereocenters. The molecule has 30 heavy (non-hydrogen) atoms. The fraction of sp³-hybridized carbons (Fsp3) is 0.364. The third kappa shape index (κ3) is 4.23. The van der Waals surface area contributed by atoms with Gasteiger partial charge in [0.2, 0.25) is 5.78 Å². The van der Waals surface area contributed by atoms with Gasteiger partial charge in [0.15, 0.2) is 11.6 Å². The van der Waals surface area contributed by atoms with Crippen molar-refractivity contribution in [1.82, 2.24) is 4.90 Å². The van der Waals surface area contributed by atoms with E-state index in [4.69, 9.17) is 9.15 Å². The van der Waals surface area contributed by atoms with Gasteiger partial charge in [-0.2, -0.15) is 0 Å². The first-order chi connectivity index (χ1) is 14.2. The molecule has 1 aliphatic rings. The largest absolute Gasteiger partial charge is 0.872 e. The minimum atomic E-state index is -0.943. The van der Waals surface area contributed by atoms with Crippen molar-refractivity contribution >= 4 is 17.4 Å². The maximum atomic E-state index is 14.4. The molecule has 2 aromatic rings. The van der Waals surface area contributed by atoms with Crippen LogP contribution in [-0.4, -0.2) is 49.9 Å². The summed E-state index contributed by atoms with van der Waals surface area (Å²) in [6.45, 7) is 4.36. The first kappa shape index (κ1) is 21.6. The van der Waals surface area contributed by atoms with Gasteiger partial charge in [-0.3, -0.25) is 9.59 Å². The minimum Gasteiger partial charge on any atom is -0.872 e. The fourth-order valence-corrected chi connectivity index (χ4v) is 3.33. The maximum absolute atomic E-state index is 14.4. The predicted octanol–water partition coefficient (Wildman–Crippen LogP) is 0.574. The molecule has 3 rings (SSSR count). The number of ether oxygens (including phenoxy) is 1. The van der Waals surface area contributed by atoms with Crippen LogP contribution >= 0.6 is 0 Å². The molecule has 0 bridgehead atoms. The Bertz CT molecular complexity index is 966. The van der Waals surface area contributed by atoms with E-state index in [2.05, 4.69) is 0 Å². The van der Waals surface area contributed by atoms with Crippen LogP contribution in [0.1, 0.15) is 31.2 Å². The zero-order valence-electron chi connectivity index (χ0n) is 17.4. The SMILES string of the molecule is CC(C)Oc1ccc(C([O-])=C2C(=O)C(=O)N(CC[NH+](C)C)C2c2ccco2)cc1F. The van der Waals surface area contributed by atoms with Gasteiger partial charge in [0, 0.05) is 5.57 Å². The molecule has 0 spiro atoms. The number of likely N-dealkylation sites (N-methyl/N-ethyl adjacent to an activating group) is 1. The highest BCUT2D eigenvalue weighted by Crippen LogP contribution is 2.38. The number of carbonyl (C=O) groups excluding carboxylic acids is 2. The van der Waals surface area contributed by atoms with Crippen molar-refractivity contribution in [3.8, 4) is 5.75 Å². The van der Waals surface area contributed by atoms with E-state index < -0.39 is 29.3 Å². The van der Waals surface area contributed by atoms with Crippen LogP contribution in [0.2, 0.25) is 0 Å². The van der Waals surface area contributed by atoms with Crippen LogP contribution in [0.5, 0.6) is 5.75 Å². The number of benzene rings is 1. The molecule has 1 atom stereocenters.